The molecule has 0 aromatic carbocycles. The Hall–Kier alpha value is -1.40. The molecule has 0 amide bonds. The number of rotatable bonds is 7. The summed E-state index contributed by atoms with van der Waals surface area (Å²) in [4.78, 5) is 8.66. The summed E-state index contributed by atoms with van der Waals surface area (Å²) in [6, 6.07) is 1.75. The Morgan fingerprint density at radius 1 is 1.44 bits per heavy atom. The van der Waals surface area contributed by atoms with Crippen molar-refractivity contribution in [2.24, 2.45) is 11.8 Å². The van der Waals surface area contributed by atoms with E-state index in [-0.39, 0.29) is 6.10 Å². The molecule has 0 bridgehead atoms. The number of anilines is 2. The van der Waals surface area contributed by atoms with Crippen LogP contribution in [0.4, 0.5) is 11.6 Å². The van der Waals surface area contributed by atoms with Gasteiger partial charge in [0.2, 0.25) is 0 Å². The topological polar surface area (TPSA) is 96.1 Å². The van der Waals surface area contributed by atoms with E-state index in [0.717, 1.165) is 31.5 Å². The first-order valence-electron chi connectivity index (χ1n) is 6.49. The number of nitrogens with zero attached hydrogens (tertiary/aromatic N) is 2. The van der Waals surface area contributed by atoms with E-state index in [1.54, 1.807) is 6.07 Å². The predicted molar refractivity (Wildman–Crippen MR) is 71.1 cm³/mol. The van der Waals surface area contributed by atoms with Gasteiger partial charge in [0.15, 0.2) is 0 Å². The fourth-order valence-corrected chi connectivity index (χ4v) is 1.85. The number of hydrogen-bond acceptors (Lipinski definition) is 6. The number of aliphatic hydroxyl groups is 1. The van der Waals surface area contributed by atoms with Crippen molar-refractivity contribution in [3.05, 3.63) is 11.9 Å². The Kier molecular flexibility index (Phi) is 4.33. The second-order valence-corrected chi connectivity index (χ2v) is 4.73. The molecule has 1 atom stereocenters. The molecule has 2 rings (SSSR count). The fraction of sp³-hybridized carbons (Fsp3) is 0.667. The van der Waals surface area contributed by atoms with Crippen LogP contribution in [0.3, 0.4) is 0 Å². The lowest BCUT2D eigenvalue weighted by Crippen LogP contribution is -2.22. The second-order valence-electron chi connectivity index (χ2n) is 4.73. The monoisotopic (exact) mass is 251 g/mol. The van der Waals surface area contributed by atoms with Crippen molar-refractivity contribution in [2.75, 3.05) is 17.3 Å². The third-order valence-electron chi connectivity index (χ3n) is 3.05. The molecule has 5 N–H and O–H groups in total. The Morgan fingerprint density at radius 2 is 2.17 bits per heavy atom. The molecule has 1 heterocycles. The number of hydrazine groups is 1. The van der Waals surface area contributed by atoms with Gasteiger partial charge in [-0.2, -0.15) is 0 Å². The zero-order valence-electron chi connectivity index (χ0n) is 10.7. The molecule has 1 aliphatic carbocycles. The summed E-state index contributed by atoms with van der Waals surface area (Å²) in [6.07, 6.45) is 3.77. The molecule has 1 aromatic rings. The molecule has 6 nitrogen and oxygen atoms in total. The highest BCUT2D eigenvalue weighted by Gasteiger charge is 2.29. The largest absolute Gasteiger partial charge is 0.391 e. The van der Waals surface area contributed by atoms with Crippen LogP contribution in [0.15, 0.2) is 6.07 Å². The maximum absolute atomic E-state index is 9.80. The number of nitrogen functional groups attached to an aromatic ring is 1. The zero-order chi connectivity index (χ0) is 13.0. The Morgan fingerprint density at radius 3 is 2.78 bits per heavy atom. The van der Waals surface area contributed by atoms with Gasteiger partial charge in [0, 0.05) is 19.0 Å². The highest BCUT2D eigenvalue weighted by molar-refractivity contribution is 5.46. The minimum atomic E-state index is -0.288. The van der Waals surface area contributed by atoms with Crippen LogP contribution in [0.2, 0.25) is 0 Å². The third kappa shape index (κ3) is 3.54. The quantitative estimate of drug-likeness (QED) is 0.425. The fourth-order valence-electron chi connectivity index (χ4n) is 1.85. The minimum Gasteiger partial charge on any atom is -0.391 e. The Labute approximate surface area is 107 Å². The zero-order valence-corrected chi connectivity index (χ0v) is 10.7. The summed E-state index contributed by atoms with van der Waals surface area (Å²) < 4.78 is 0. The van der Waals surface area contributed by atoms with Crippen LogP contribution in [0.5, 0.6) is 0 Å². The van der Waals surface area contributed by atoms with Crippen molar-refractivity contribution in [3.8, 4) is 0 Å². The van der Waals surface area contributed by atoms with Gasteiger partial charge in [0.1, 0.15) is 17.5 Å². The maximum Gasteiger partial charge on any atom is 0.145 e. The second kappa shape index (κ2) is 5.97. The van der Waals surface area contributed by atoms with E-state index in [4.69, 9.17) is 5.84 Å². The third-order valence-corrected chi connectivity index (χ3v) is 3.05. The number of aliphatic hydroxyl groups excluding tert-OH is 1. The van der Waals surface area contributed by atoms with Crippen LogP contribution in [0.25, 0.3) is 0 Å². The first kappa shape index (κ1) is 13.0. The minimum absolute atomic E-state index is 0.288. The summed E-state index contributed by atoms with van der Waals surface area (Å²) in [6.45, 7) is 2.60. The number of aromatic nitrogens is 2. The van der Waals surface area contributed by atoms with E-state index >= 15 is 0 Å². The normalized spacial score (nSPS) is 16.4. The van der Waals surface area contributed by atoms with Crippen molar-refractivity contribution in [2.45, 2.75) is 38.7 Å². The van der Waals surface area contributed by atoms with Crippen LogP contribution in [0, 0.1) is 5.92 Å². The van der Waals surface area contributed by atoms with Crippen molar-refractivity contribution in [3.63, 3.8) is 0 Å². The van der Waals surface area contributed by atoms with Crippen LogP contribution in [-0.4, -0.2) is 27.7 Å². The van der Waals surface area contributed by atoms with Crippen molar-refractivity contribution in [1.29, 1.82) is 0 Å². The van der Waals surface area contributed by atoms with E-state index in [2.05, 4.69) is 27.6 Å². The standard InChI is InChI=1S/C12H21N5O/c1-2-3-10-15-11(6-12(16-10)17-13)14-7-9(18)8-4-5-8/h6,8-9,18H,2-5,7,13H2,1H3,(H2,14,15,16,17). The highest BCUT2D eigenvalue weighted by atomic mass is 16.3. The van der Waals surface area contributed by atoms with Gasteiger partial charge in [0.25, 0.3) is 0 Å². The molecule has 0 aliphatic heterocycles. The summed E-state index contributed by atoms with van der Waals surface area (Å²) in [5.74, 6) is 7.90. The van der Waals surface area contributed by atoms with Gasteiger partial charge in [-0.25, -0.2) is 15.8 Å². The molecule has 1 saturated carbocycles. The van der Waals surface area contributed by atoms with E-state index in [9.17, 15) is 5.11 Å². The summed E-state index contributed by atoms with van der Waals surface area (Å²) in [5, 5.41) is 12.9. The molecular formula is C12H21N5O. The number of nitrogens with two attached hydrogens (primary N) is 1. The van der Waals surface area contributed by atoms with Gasteiger partial charge in [-0.05, 0) is 25.2 Å². The number of hydrogen-bond donors (Lipinski definition) is 4. The first-order valence-corrected chi connectivity index (χ1v) is 6.49. The molecule has 18 heavy (non-hydrogen) atoms. The molecule has 1 aliphatic rings. The highest BCUT2D eigenvalue weighted by Crippen LogP contribution is 2.32. The van der Waals surface area contributed by atoms with Crippen LogP contribution < -0.4 is 16.6 Å². The van der Waals surface area contributed by atoms with Gasteiger partial charge in [-0.15, -0.1) is 0 Å². The average Bonchev–Trinajstić information content (AvgIpc) is 3.20. The average molecular weight is 251 g/mol. The Balaban J connectivity index is 1.98. The van der Waals surface area contributed by atoms with Crippen molar-refractivity contribution < 1.29 is 5.11 Å². The number of nitrogens with one attached hydrogen (secondary N) is 2. The molecule has 0 spiro atoms. The van der Waals surface area contributed by atoms with Gasteiger partial charge >= 0.3 is 0 Å². The van der Waals surface area contributed by atoms with Crippen LogP contribution >= 0.6 is 0 Å². The molecule has 1 fully saturated rings. The van der Waals surface area contributed by atoms with Gasteiger partial charge in [0.05, 0.1) is 6.10 Å². The molecule has 6 heteroatoms. The first-order chi connectivity index (χ1) is 8.72. The SMILES string of the molecule is CCCc1nc(NN)cc(NCC(O)C2CC2)n1. The molecule has 100 valence electrons. The summed E-state index contributed by atoms with van der Waals surface area (Å²) in [7, 11) is 0. The van der Waals surface area contributed by atoms with E-state index in [1.165, 1.54) is 0 Å². The smallest absolute Gasteiger partial charge is 0.145 e. The predicted octanol–water partition coefficient (Wildman–Crippen LogP) is 0.897. The summed E-state index contributed by atoms with van der Waals surface area (Å²) in [5.41, 5.74) is 2.54. The maximum atomic E-state index is 9.80. The summed E-state index contributed by atoms with van der Waals surface area (Å²) >= 11 is 0. The van der Waals surface area contributed by atoms with Gasteiger partial charge in [-0.3, -0.25) is 0 Å². The van der Waals surface area contributed by atoms with Crippen molar-refractivity contribution >= 4 is 11.6 Å². The van der Waals surface area contributed by atoms with E-state index in [0.29, 0.717) is 24.1 Å². The van der Waals surface area contributed by atoms with E-state index in [1.807, 2.05) is 0 Å². The molecule has 0 saturated heterocycles. The van der Waals surface area contributed by atoms with Gasteiger partial charge < -0.3 is 15.8 Å². The lowest BCUT2D eigenvalue weighted by atomic mass is 10.2. The molecule has 1 aromatic heterocycles. The molecular weight excluding hydrogens is 230 g/mol. The van der Waals surface area contributed by atoms with Gasteiger partial charge in [-0.1, -0.05) is 6.92 Å². The molecule has 1 unspecified atom stereocenters. The molecule has 0 radical (unpaired) electrons. The lowest BCUT2D eigenvalue weighted by Gasteiger charge is -2.12. The van der Waals surface area contributed by atoms with Crippen LogP contribution in [0.1, 0.15) is 32.0 Å². The number of aryl methyl sites for hydroxylation is 1. The van der Waals surface area contributed by atoms with Crippen LogP contribution in [-0.2, 0) is 6.42 Å². The lowest BCUT2D eigenvalue weighted by molar-refractivity contribution is 0.164. The Bertz CT molecular complexity index is 394. The van der Waals surface area contributed by atoms with E-state index < -0.39 is 0 Å². The van der Waals surface area contributed by atoms with Crippen molar-refractivity contribution in [1.82, 2.24) is 9.97 Å².